The molecule has 84 valence electrons. The zero-order valence-electron chi connectivity index (χ0n) is 7.96. The number of nitrogens with two attached hydrogens (primary N) is 1. The van der Waals surface area contributed by atoms with Crippen LogP contribution in [0.5, 0.6) is 0 Å². The minimum atomic E-state index is -4.23. The maximum Gasteiger partial charge on any atom is 0.389 e. The Labute approximate surface area is 85.5 Å². The molecule has 1 aromatic carbocycles. The topological polar surface area (TPSA) is 46.2 Å². The minimum Gasteiger partial charge on any atom is -0.399 e. The van der Waals surface area contributed by atoms with Gasteiger partial charge >= 0.3 is 6.18 Å². The SMILES string of the molecule is Nc1cccc(C(O)CCC(F)(F)F)c1. The summed E-state index contributed by atoms with van der Waals surface area (Å²) >= 11 is 0. The maximum atomic E-state index is 11.9. The van der Waals surface area contributed by atoms with E-state index in [2.05, 4.69) is 0 Å². The van der Waals surface area contributed by atoms with Crippen molar-refractivity contribution in [3.63, 3.8) is 0 Å². The van der Waals surface area contributed by atoms with Crippen LogP contribution in [-0.2, 0) is 0 Å². The van der Waals surface area contributed by atoms with Crippen molar-refractivity contribution in [2.75, 3.05) is 5.73 Å². The summed E-state index contributed by atoms with van der Waals surface area (Å²) in [4.78, 5) is 0. The number of nitrogen functional groups attached to an aromatic ring is 1. The summed E-state index contributed by atoms with van der Waals surface area (Å²) in [7, 11) is 0. The van der Waals surface area contributed by atoms with Crippen molar-refractivity contribution in [1.82, 2.24) is 0 Å². The highest BCUT2D eigenvalue weighted by atomic mass is 19.4. The smallest absolute Gasteiger partial charge is 0.389 e. The summed E-state index contributed by atoms with van der Waals surface area (Å²) in [5.74, 6) is 0. The summed E-state index contributed by atoms with van der Waals surface area (Å²) in [6.07, 6.45) is -6.69. The first-order valence-corrected chi connectivity index (χ1v) is 4.49. The molecule has 15 heavy (non-hydrogen) atoms. The molecule has 0 saturated carbocycles. The predicted octanol–water partition coefficient (Wildman–Crippen LogP) is 2.64. The first-order chi connectivity index (χ1) is 6.88. The van der Waals surface area contributed by atoms with Crippen molar-refractivity contribution in [3.05, 3.63) is 29.8 Å². The van der Waals surface area contributed by atoms with Gasteiger partial charge in [-0.25, -0.2) is 0 Å². The Kier molecular flexibility index (Phi) is 3.57. The fraction of sp³-hybridized carbons (Fsp3) is 0.400. The summed E-state index contributed by atoms with van der Waals surface area (Å²) in [5, 5.41) is 9.45. The number of aliphatic hydroxyl groups excluding tert-OH is 1. The first kappa shape index (κ1) is 11.8. The van der Waals surface area contributed by atoms with Crippen LogP contribution in [0.4, 0.5) is 18.9 Å². The van der Waals surface area contributed by atoms with Crippen molar-refractivity contribution in [1.29, 1.82) is 0 Å². The van der Waals surface area contributed by atoms with Gasteiger partial charge in [0.2, 0.25) is 0 Å². The van der Waals surface area contributed by atoms with Gasteiger partial charge < -0.3 is 10.8 Å². The van der Waals surface area contributed by atoms with Crippen molar-refractivity contribution >= 4 is 5.69 Å². The highest BCUT2D eigenvalue weighted by Gasteiger charge is 2.28. The van der Waals surface area contributed by atoms with E-state index in [-0.39, 0.29) is 6.42 Å². The lowest BCUT2D eigenvalue weighted by molar-refractivity contribution is -0.140. The Balaban J connectivity index is 2.58. The molecule has 1 unspecified atom stereocenters. The van der Waals surface area contributed by atoms with E-state index in [9.17, 15) is 18.3 Å². The number of aliphatic hydroxyl groups is 1. The molecule has 0 saturated heterocycles. The number of anilines is 1. The van der Waals surface area contributed by atoms with Crippen LogP contribution in [0.2, 0.25) is 0 Å². The summed E-state index contributed by atoms with van der Waals surface area (Å²) < 4.78 is 35.6. The van der Waals surface area contributed by atoms with E-state index in [4.69, 9.17) is 5.73 Å². The molecule has 1 rings (SSSR count). The lowest BCUT2D eigenvalue weighted by Gasteiger charge is -2.12. The van der Waals surface area contributed by atoms with Crippen LogP contribution in [0.1, 0.15) is 24.5 Å². The second-order valence-electron chi connectivity index (χ2n) is 3.34. The molecule has 0 spiro atoms. The van der Waals surface area contributed by atoms with Crippen molar-refractivity contribution in [3.8, 4) is 0 Å². The van der Waals surface area contributed by atoms with Gasteiger partial charge in [0.05, 0.1) is 6.10 Å². The molecule has 0 radical (unpaired) electrons. The molecule has 0 bridgehead atoms. The largest absolute Gasteiger partial charge is 0.399 e. The van der Waals surface area contributed by atoms with Gasteiger partial charge in [0.1, 0.15) is 0 Å². The molecule has 0 heterocycles. The molecule has 0 amide bonds. The normalized spacial score (nSPS) is 13.9. The second-order valence-corrected chi connectivity index (χ2v) is 3.34. The van der Waals surface area contributed by atoms with Crippen LogP contribution >= 0.6 is 0 Å². The quantitative estimate of drug-likeness (QED) is 0.767. The van der Waals surface area contributed by atoms with E-state index < -0.39 is 18.7 Å². The number of hydrogen-bond acceptors (Lipinski definition) is 2. The van der Waals surface area contributed by atoms with Crippen LogP contribution in [0.3, 0.4) is 0 Å². The monoisotopic (exact) mass is 219 g/mol. The van der Waals surface area contributed by atoms with Crippen LogP contribution in [0, 0.1) is 0 Å². The third-order valence-electron chi connectivity index (χ3n) is 2.00. The van der Waals surface area contributed by atoms with Gasteiger partial charge in [-0.1, -0.05) is 12.1 Å². The van der Waals surface area contributed by atoms with E-state index >= 15 is 0 Å². The fourth-order valence-corrected chi connectivity index (χ4v) is 1.23. The Morgan fingerprint density at radius 2 is 2.00 bits per heavy atom. The van der Waals surface area contributed by atoms with Gasteiger partial charge in [0.25, 0.3) is 0 Å². The molecule has 2 nitrogen and oxygen atoms in total. The van der Waals surface area contributed by atoms with E-state index in [1.165, 1.54) is 6.07 Å². The lowest BCUT2D eigenvalue weighted by Crippen LogP contribution is -2.10. The van der Waals surface area contributed by atoms with Gasteiger partial charge in [-0.3, -0.25) is 0 Å². The zero-order valence-corrected chi connectivity index (χ0v) is 7.96. The molecule has 0 aromatic heterocycles. The Hall–Kier alpha value is -1.23. The van der Waals surface area contributed by atoms with Crippen LogP contribution in [0.15, 0.2) is 24.3 Å². The van der Waals surface area contributed by atoms with Crippen molar-refractivity contribution in [2.24, 2.45) is 0 Å². The third-order valence-corrected chi connectivity index (χ3v) is 2.00. The number of benzene rings is 1. The molecule has 3 N–H and O–H groups in total. The second kappa shape index (κ2) is 4.53. The number of rotatable bonds is 3. The minimum absolute atomic E-state index is 0.340. The molecule has 0 aliphatic carbocycles. The highest BCUT2D eigenvalue weighted by Crippen LogP contribution is 2.27. The Morgan fingerprint density at radius 3 is 2.53 bits per heavy atom. The molecule has 0 fully saturated rings. The summed E-state index contributed by atoms with van der Waals surface area (Å²) in [5.41, 5.74) is 6.29. The molecule has 0 aliphatic heterocycles. The molecule has 1 atom stereocenters. The average molecular weight is 219 g/mol. The maximum absolute atomic E-state index is 11.9. The fourth-order valence-electron chi connectivity index (χ4n) is 1.23. The molecular formula is C10H12F3NO. The number of halogens is 3. The van der Waals surface area contributed by atoms with Crippen LogP contribution < -0.4 is 5.73 Å². The van der Waals surface area contributed by atoms with Gasteiger partial charge in [-0.15, -0.1) is 0 Å². The van der Waals surface area contributed by atoms with Gasteiger partial charge in [0, 0.05) is 12.1 Å². The number of alkyl halides is 3. The van der Waals surface area contributed by atoms with E-state index in [1.54, 1.807) is 18.2 Å². The van der Waals surface area contributed by atoms with Gasteiger partial charge in [-0.05, 0) is 24.1 Å². The van der Waals surface area contributed by atoms with Crippen molar-refractivity contribution in [2.45, 2.75) is 25.1 Å². The van der Waals surface area contributed by atoms with E-state index in [1.807, 2.05) is 0 Å². The third kappa shape index (κ3) is 4.20. The van der Waals surface area contributed by atoms with Crippen molar-refractivity contribution < 1.29 is 18.3 Å². The zero-order chi connectivity index (χ0) is 11.5. The van der Waals surface area contributed by atoms with E-state index in [0.717, 1.165) is 0 Å². The Bertz CT molecular complexity index is 325. The molecule has 5 heteroatoms. The molecule has 1 aromatic rings. The van der Waals surface area contributed by atoms with E-state index in [0.29, 0.717) is 11.3 Å². The van der Waals surface area contributed by atoms with Gasteiger partial charge in [-0.2, -0.15) is 13.2 Å². The number of hydrogen-bond donors (Lipinski definition) is 2. The van der Waals surface area contributed by atoms with Crippen LogP contribution in [-0.4, -0.2) is 11.3 Å². The molecule has 0 aliphatic rings. The average Bonchev–Trinajstić information content (AvgIpc) is 2.13. The Morgan fingerprint density at radius 1 is 1.33 bits per heavy atom. The summed E-state index contributed by atoms with van der Waals surface area (Å²) in [6, 6.07) is 6.24. The standard InChI is InChI=1S/C10H12F3NO/c11-10(12,13)5-4-9(15)7-2-1-3-8(14)6-7/h1-3,6,9,15H,4-5,14H2. The molecular weight excluding hydrogens is 207 g/mol. The first-order valence-electron chi connectivity index (χ1n) is 4.49. The van der Waals surface area contributed by atoms with Gasteiger partial charge in [0.15, 0.2) is 0 Å². The predicted molar refractivity (Wildman–Crippen MR) is 51.1 cm³/mol. The van der Waals surface area contributed by atoms with Crippen LogP contribution in [0.25, 0.3) is 0 Å². The summed E-state index contributed by atoms with van der Waals surface area (Å²) in [6.45, 7) is 0. The lowest BCUT2D eigenvalue weighted by atomic mass is 10.0. The highest BCUT2D eigenvalue weighted by molar-refractivity contribution is 5.41.